The molecule has 1 amide bonds. The fourth-order valence-electron chi connectivity index (χ4n) is 3.05. The number of pyridine rings is 1. The molecule has 3 aromatic heterocycles. The highest BCUT2D eigenvalue weighted by molar-refractivity contribution is 5.94. The van der Waals surface area contributed by atoms with E-state index >= 15 is 0 Å². The van der Waals surface area contributed by atoms with Gasteiger partial charge in [-0.25, -0.2) is 4.98 Å². The standard InChI is InChI=1S/C21H19N5O3/c1-12-6-4-8-15(10-12)17-24-20(29-25-17)14(3)23-19(27)16-11-22-18-13(2)7-5-9-26(18)21(16)28/h4-11,14H,1-3H3,(H,23,27)/t14-/m1/s1. The Bertz CT molecular complexity index is 1270. The summed E-state index contributed by atoms with van der Waals surface area (Å²) in [5.41, 5.74) is 2.77. The van der Waals surface area contributed by atoms with E-state index in [9.17, 15) is 9.59 Å². The van der Waals surface area contributed by atoms with Gasteiger partial charge < -0.3 is 9.84 Å². The predicted octanol–water partition coefficient (Wildman–Crippen LogP) is 2.85. The maximum atomic E-state index is 12.7. The van der Waals surface area contributed by atoms with Crippen LogP contribution in [-0.2, 0) is 0 Å². The quantitative estimate of drug-likeness (QED) is 0.576. The second-order valence-corrected chi connectivity index (χ2v) is 6.88. The van der Waals surface area contributed by atoms with Gasteiger partial charge in [-0.1, -0.05) is 35.0 Å². The molecule has 8 nitrogen and oxygen atoms in total. The van der Waals surface area contributed by atoms with Crippen molar-refractivity contribution in [1.82, 2.24) is 24.8 Å². The van der Waals surface area contributed by atoms with Gasteiger partial charge in [0.1, 0.15) is 17.3 Å². The first-order valence-electron chi connectivity index (χ1n) is 9.12. The molecule has 0 aliphatic rings. The number of rotatable bonds is 4. The van der Waals surface area contributed by atoms with E-state index in [2.05, 4.69) is 20.4 Å². The van der Waals surface area contributed by atoms with E-state index in [-0.39, 0.29) is 11.5 Å². The van der Waals surface area contributed by atoms with Crippen LogP contribution in [0, 0.1) is 13.8 Å². The number of nitrogens with one attached hydrogen (secondary N) is 1. The van der Waals surface area contributed by atoms with Crippen molar-refractivity contribution in [2.75, 3.05) is 0 Å². The molecule has 0 aliphatic heterocycles. The van der Waals surface area contributed by atoms with Crippen molar-refractivity contribution in [3.8, 4) is 11.4 Å². The Kier molecular flexibility index (Phi) is 4.67. The molecule has 146 valence electrons. The Morgan fingerprint density at radius 3 is 2.83 bits per heavy atom. The lowest BCUT2D eigenvalue weighted by Crippen LogP contribution is -2.33. The highest BCUT2D eigenvalue weighted by atomic mass is 16.5. The lowest BCUT2D eigenvalue weighted by Gasteiger charge is -2.10. The summed E-state index contributed by atoms with van der Waals surface area (Å²) in [4.78, 5) is 33.9. The lowest BCUT2D eigenvalue weighted by atomic mass is 10.1. The zero-order valence-corrected chi connectivity index (χ0v) is 16.2. The molecule has 1 aromatic carbocycles. The average molecular weight is 389 g/mol. The third kappa shape index (κ3) is 3.52. The van der Waals surface area contributed by atoms with Crippen molar-refractivity contribution in [2.24, 2.45) is 0 Å². The average Bonchev–Trinajstić information content (AvgIpc) is 3.19. The Morgan fingerprint density at radius 1 is 1.21 bits per heavy atom. The van der Waals surface area contributed by atoms with Crippen LogP contribution in [0.5, 0.6) is 0 Å². The van der Waals surface area contributed by atoms with Gasteiger partial charge in [0.2, 0.25) is 11.7 Å². The van der Waals surface area contributed by atoms with E-state index in [1.165, 1.54) is 10.6 Å². The number of carbonyl (C=O) groups is 1. The number of aromatic nitrogens is 4. The van der Waals surface area contributed by atoms with Crippen LogP contribution in [0.15, 0.2) is 58.1 Å². The van der Waals surface area contributed by atoms with Crippen molar-refractivity contribution in [3.05, 3.63) is 81.7 Å². The molecule has 0 fully saturated rings. The van der Waals surface area contributed by atoms with Gasteiger partial charge in [-0.2, -0.15) is 4.98 Å². The third-order valence-corrected chi connectivity index (χ3v) is 4.61. The monoisotopic (exact) mass is 389 g/mol. The van der Waals surface area contributed by atoms with Gasteiger partial charge in [-0.15, -0.1) is 0 Å². The van der Waals surface area contributed by atoms with E-state index < -0.39 is 17.5 Å². The predicted molar refractivity (Wildman–Crippen MR) is 107 cm³/mol. The number of carbonyl (C=O) groups excluding carboxylic acids is 1. The first-order chi connectivity index (χ1) is 13.9. The summed E-state index contributed by atoms with van der Waals surface area (Å²) < 4.78 is 6.66. The van der Waals surface area contributed by atoms with Gasteiger partial charge in [0.05, 0.1) is 0 Å². The first kappa shape index (κ1) is 18.5. The maximum Gasteiger partial charge on any atom is 0.270 e. The number of benzene rings is 1. The number of aryl methyl sites for hydroxylation is 2. The third-order valence-electron chi connectivity index (χ3n) is 4.61. The van der Waals surface area contributed by atoms with Crippen LogP contribution >= 0.6 is 0 Å². The normalized spacial score (nSPS) is 12.1. The van der Waals surface area contributed by atoms with Gasteiger partial charge >= 0.3 is 0 Å². The van der Waals surface area contributed by atoms with Crippen molar-refractivity contribution in [3.63, 3.8) is 0 Å². The number of hydrogen-bond acceptors (Lipinski definition) is 6. The summed E-state index contributed by atoms with van der Waals surface area (Å²) in [6, 6.07) is 10.7. The van der Waals surface area contributed by atoms with Crippen molar-refractivity contribution in [1.29, 1.82) is 0 Å². The van der Waals surface area contributed by atoms with Crippen molar-refractivity contribution < 1.29 is 9.32 Å². The molecule has 3 heterocycles. The van der Waals surface area contributed by atoms with Crippen molar-refractivity contribution >= 4 is 11.6 Å². The Balaban J connectivity index is 1.57. The summed E-state index contributed by atoms with van der Waals surface area (Å²) in [5, 5.41) is 6.70. The number of nitrogens with zero attached hydrogens (tertiary/aromatic N) is 4. The molecule has 29 heavy (non-hydrogen) atoms. The van der Waals surface area contributed by atoms with Crippen LogP contribution in [0.4, 0.5) is 0 Å². The Hall–Kier alpha value is -3.81. The zero-order valence-electron chi connectivity index (χ0n) is 16.2. The molecule has 4 aromatic rings. The summed E-state index contributed by atoms with van der Waals surface area (Å²) in [6.07, 6.45) is 2.88. The smallest absolute Gasteiger partial charge is 0.270 e. The van der Waals surface area contributed by atoms with Gasteiger partial charge in [-0.3, -0.25) is 14.0 Å². The fourth-order valence-corrected chi connectivity index (χ4v) is 3.05. The molecule has 0 saturated carbocycles. The molecule has 0 spiro atoms. The molecule has 0 aliphatic carbocycles. The highest BCUT2D eigenvalue weighted by Crippen LogP contribution is 2.19. The van der Waals surface area contributed by atoms with Crippen LogP contribution in [0.25, 0.3) is 17.0 Å². The largest absolute Gasteiger partial charge is 0.340 e. The van der Waals surface area contributed by atoms with Crippen molar-refractivity contribution in [2.45, 2.75) is 26.8 Å². The maximum absolute atomic E-state index is 12.7. The SMILES string of the molecule is Cc1cccc(-c2noc([C@@H](C)NC(=O)c3cnc4c(C)cccn4c3=O)n2)c1. The molecule has 0 bridgehead atoms. The minimum absolute atomic E-state index is 0.0571. The van der Waals surface area contributed by atoms with E-state index in [1.807, 2.05) is 44.2 Å². The summed E-state index contributed by atoms with van der Waals surface area (Å²) in [5.74, 6) is 0.133. The van der Waals surface area contributed by atoms with Gasteiger partial charge in [0, 0.05) is 18.0 Å². The second-order valence-electron chi connectivity index (χ2n) is 6.88. The van der Waals surface area contributed by atoms with Crippen LogP contribution in [0.2, 0.25) is 0 Å². The first-order valence-corrected chi connectivity index (χ1v) is 9.12. The van der Waals surface area contributed by atoms with E-state index in [4.69, 9.17) is 4.52 Å². The van der Waals surface area contributed by atoms with Crippen LogP contribution in [0.3, 0.4) is 0 Å². The molecule has 0 radical (unpaired) electrons. The minimum atomic E-state index is -0.578. The lowest BCUT2D eigenvalue weighted by molar-refractivity contribution is 0.0930. The van der Waals surface area contributed by atoms with Gasteiger partial charge in [-0.05, 0) is 38.5 Å². The second kappa shape index (κ2) is 7.31. The molecule has 4 rings (SSSR count). The molecule has 1 atom stereocenters. The van der Waals surface area contributed by atoms with Crippen LogP contribution in [0.1, 0.15) is 40.3 Å². The molecule has 1 N–H and O–H groups in total. The van der Waals surface area contributed by atoms with Crippen LogP contribution < -0.4 is 10.9 Å². The fraction of sp³-hybridized carbons (Fsp3) is 0.190. The van der Waals surface area contributed by atoms with Gasteiger partial charge in [0.15, 0.2) is 0 Å². The molecular weight excluding hydrogens is 370 g/mol. The molecule has 0 unspecified atom stereocenters. The highest BCUT2D eigenvalue weighted by Gasteiger charge is 2.21. The molecule has 8 heteroatoms. The van der Waals surface area contributed by atoms with E-state index in [1.54, 1.807) is 19.2 Å². The summed E-state index contributed by atoms with van der Waals surface area (Å²) >= 11 is 0. The van der Waals surface area contributed by atoms with E-state index in [0.717, 1.165) is 16.7 Å². The summed E-state index contributed by atoms with van der Waals surface area (Å²) in [7, 11) is 0. The van der Waals surface area contributed by atoms with Gasteiger partial charge in [0.25, 0.3) is 11.5 Å². The summed E-state index contributed by atoms with van der Waals surface area (Å²) in [6.45, 7) is 5.54. The zero-order chi connectivity index (χ0) is 20.5. The Labute approximate surface area is 166 Å². The Morgan fingerprint density at radius 2 is 2.03 bits per heavy atom. The number of fused-ring (bicyclic) bond motifs is 1. The molecular formula is C21H19N5O3. The van der Waals surface area contributed by atoms with E-state index in [0.29, 0.717) is 11.5 Å². The molecule has 0 saturated heterocycles. The number of hydrogen-bond donors (Lipinski definition) is 1. The minimum Gasteiger partial charge on any atom is -0.340 e. The van der Waals surface area contributed by atoms with Crippen LogP contribution in [-0.4, -0.2) is 25.4 Å². The number of amides is 1. The topological polar surface area (TPSA) is 102 Å².